The van der Waals surface area contributed by atoms with Crippen molar-refractivity contribution in [1.82, 2.24) is 24.8 Å². The highest BCUT2D eigenvalue weighted by molar-refractivity contribution is 7.91. The van der Waals surface area contributed by atoms with Crippen molar-refractivity contribution in [2.24, 2.45) is 11.8 Å². The van der Waals surface area contributed by atoms with Gasteiger partial charge in [-0.2, -0.15) is 0 Å². The van der Waals surface area contributed by atoms with Crippen molar-refractivity contribution in [3.63, 3.8) is 0 Å². The first-order valence-electron chi connectivity index (χ1n) is 21.7. The van der Waals surface area contributed by atoms with E-state index in [1.165, 1.54) is 0 Å². The molecule has 3 aromatic rings. The van der Waals surface area contributed by atoms with E-state index in [-0.39, 0.29) is 49.7 Å². The first kappa shape index (κ1) is 41.7. The molecule has 2 saturated carbocycles. The summed E-state index contributed by atoms with van der Waals surface area (Å²) in [4.78, 5) is 66.1. The quantitative estimate of drug-likeness (QED) is 0.244. The average molecular weight is 840 g/mol. The summed E-state index contributed by atoms with van der Waals surface area (Å²) in [5.74, 6) is -1.59. The summed E-state index contributed by atoms with van der Waals surface area (Å²) in [5, 5.41) is 3.08. The van der Waals surface area contributed by atoms with E-state index in [1.54, 1.807) is 12.0 Å². The van der Waals surface area contributed by atoms with Crippen molar-refractivity contribution >= 4 is 44.6 Å². The van der Waals surface area contributed by atoms with Crippen molar-refractivity contribution in [2.45, 2.75) is 132 Å². The van der Waals surface area contributed by atoms with Gasteiger partial charge in [0.15, 0.2) is 0 Å². The topological polar surface area (TPSA) is 164 Å². The van der Waals surface area contributed by atoms with E-state index in [9.17, 15) is 22.8 Å². The zero-order valence-electron chi connectivity index (χ0n) is 34.8. The maximum absolute atomic E-state index is 15.0. The molecule has 13 nitrogen and oxygen atoms in total. The van der Waals surface area contributed by atoms with Crippen LogP contribution in [0.2, 0.25) is 0 Å². The first-order valence-corrected chi connectivity index (χ1v) is 23.3. The third-order valence-corrected chi connectivity index (χ3v) is 15.0. The summed E-state index contributed by atoms with van der Waals surface area (Å²) in [6, 6.07) is 16.2. The highest BCUT2D eigenvalue weighted by atomic mass is 32.2. The molecule has 320 valence electrons. The standard InChI is InChI=1S/C46H57N5O8S/c1-29-13-12-14-30(2)51(29)42(52)23-32-17-8-5-4-6-11-18-33-27-46(33,45(55)49-60(56,57)36-20-21-36)48-43(53)40-25-35(28-50(40)44(32)54)59-41-26-38(31-15-9-7-10-16-31)47-39-24-34(58-3)19-22-37(39)41/h7,9-11,15-16,18-19,22,24,26,29-30,32-33,35-36,40H,4-6,8,12-14,17,20-21,23,25,27-28H2,1-3H3,(H,48,53)(H,49,55)/b18-11-/t29?,30?,32-,33-,35-,40+,46-/m1/s1. The molecule has 1 aromatic heterocycles. The summed E-state index contributed by atoms with van der Waals surface area (Å²) in [6.07, 6.45) is 11.1. The zero-order valence-corrected chi connectivity index (χ0v) is 35.6. The molecule has 4 heterocycles. The number of piperidine rings is 1. The Bertz CT molecular complexity index is 2250. The molecule has 0 radical (unpaired) electrons. The van der Waals surface area contributed by atoms with Crippen LogP contribution in [0.1, 0.15) is 97.3 Å². The maximum Gasteiger partial charge on any atom is 0.259 e. The van der Waals surface area contributed by atoms with Gasteiger partial charge in [0.25, 0.3) is 5.91 Å². The van der Waals surface area contributed by atoms with E-state index in [1.807, 2.05) is 71.6 Å². The second-order valence-corrected chi connectivity index (χ2v) is 19.5. The predicted molar refractivity (Wildman–Crippen MR) is 227 cm³/mol. The van der Waals surface area contributed by atoms with Gasteiger partial charge in [0.1, 0.15) is 29.2 Å². The molecule has 2 aromatic carbocycles. The van der Waals surface area contributed by atoms with Crippen LogP contribution in [0.15, 0.2) is 66.7 Å². The Balaban J connectivity index is 1.13. The number of hydrogen-bond donors (Lipinski definition) is 2. The summed E-state index contributed by atoms with van der Waals surface area (Å²) < 4.78 is 40.6. The highest BCUT2D eigenvalue weighted by Crippen LogP contribution is 2.46. The zero-order chi connectivity index (χ0) is 42.2. The number of allylic oxidation sites excluding steroid dienone is 1. The van der Waals surface area contributed by atoms with Crippen molar-refractivity contribution in [1.29, 1.82) is 0 Å². The van der Waals surface area contributed by atoms with Crippen LogP contribution in [-0.4, -0.2) is 95.5 Å². The highest BCUT2D eigenvalue weighted by Gasteiger charge is 2.62. The Morgan fingerprint density at radius 2 is 1.72 bits per heavy atom. The van der Waals surface area contributed by atoms with Crippen LogP contribution in [0.25, 0.3) is 22.2 Å². The lowest BCUT2D eigenvalue weighted by molar-refractivity contribution is -0.147. The van der Waals surface area contributed by atoms with E-state index >= 15 is 4.79 Å². The van der Waals surface area contributed by atoms with E-state index in [0.717, 1.165) is 55.9 Å². The number of nitrogens with zero attached hydrogens (tertiary/aromatic N) is 3. The smallest absolute Gasteiger partial charge is 0.259 e. The largest absolute Gasteiger partial charge is 0.497 e. The fraction of sp³-hybridized carbons (Fsp3) is 0.543. The molecule has 3 aliphatic heterocycles. The van der Waals surface area contributed by atoms with Crippen LogP contribution >= 0.6 is 0 Å². The number of likely N-dealkylation sites (tertiary alicyclic amines) is 1. The fourth-order valence-corrected chi connectivity index (χ4v) is 10.9. The maximum atomic E-state index is 15.0. The van der Waals surface area contributed by atoms with Crippen molar-refractivity contribution in [2.75, 3.05) is 13.7 Å². The monoisotopic (exact) mass is 839 g/mol. The molecular formula is C46H57N5O8S. The van der Waals surface area contributed by atoms with Gasteiger partial charge in [-0.1, -0.05) is 55.3 Å². The molecule has 2 aliphatic carbocycles. The molecule has 8 rings (SSSR count). The second-order valence-electron chi connectivity index (χ2n) is 17.6. The van der Waals surface area contributed by atoms with Gasteiger partial charge in [-0.25, -0.2) is 13.4 Å². The van der Waals surface area contributed by atoms with Crippen LogP contribution in [0, 0.1) is 11.8 Å². The summed E-state index contributed by atoms with van der Waals surface area (Å²) >= 11 is 0. The molecule has 14 heteroatoms. The number of amides is 4. The number of methoxy groups -OCH3 is 1. The number of rotatable bonds is 9. The number of sulfonamides is 1. The Kier molecular flexibility index (Phi) is 12.0. The molecule has 0 spiro atoms. The van der Waals surface area contributed by atoms with Gasteiger partial charge in [0.2, 0.25) is 27.7 Å². The number of nitrogens with one attached hydrogen (secondary N) is 2. The fourth-order valence-electron chi connectivity index (χ4n) is 9.55. The minimum absolute atomic E-state index is 0.0362. The number of fused-ring (bicyclic) bond motifs is 3. The molecule has 0 bridgehead atoms. The first-order chi connectivity index (χ1) is 28.9. The van der Waals surface area contributed by atoms with E-state index < -0.39 is 56.6 Å². The minimum Gasteiger partial charge on any atom is -0.497 e. The number of ether oxygens (including phenoxy) is 2. The van der Waals surface area contributed by atoms with Gasteiger partial charge in [0, 0.05) is 59.8 Å². The second kappa shape index (κ2) is 17.2. The molecule has 2 unspecified atom stereocenters. The normalized spacial score (nSPS) is 29.3. The summed E-state index contributed by atoms with van der Waals surface area (Å²) in [7, 11) is -2.30. The van der Waals surface area contributed by atoms with Gasteiger partial charge in [-0.05, 0) is 83.8 Å². The van der Waals surface area contributed by atoms with Crippen molar-refractivity contribution in [3.8, 4) is 22.8 Å². The number of carbonyl (C=O) groups excluding carboxylic acids is 4. The number of hydrogen-bond acceptors (Lipinski definition) is 9. The lowest BCUT2D eigenvalue weighted by atomic mass is 9.92. The third-order valence-electron chi connectivity index (χ3n) is 13.2. The average Bonchev–Trinajstić information content (AvgIpc) is 4.16. The Labute approximate surface area is 352 Å². The van der Waals surface area contributed by atoms with Crippen molar-refractivity contribution in [3.05, 3.63) is 66.7 Å². The molecule has 2 N–H and O–H groups in total. The molecule has 7 atom stereocenters. The number of carbonyl (C=O) groups is 4. The Morgan fingerprint density at radius 3 is 2.45 bits per heavy atom. The minimum atomic E-state index is -3.89. The predicted octanol–water partition coefficient (Wildman–Crippen LogP) is 6.06. The van der Waals surface area contributed by atoms with Gasteiger partial charge in [-0.3, -0.25) is 23.9 Å². The number of pyridine rings is 1. The van der Waals surface area contributed by atoms with E-state index in [0.29, 0.717) is 42.0 Å². The lowest BCUT2D eigenvalue weighted by Gasteiger charge is -2.40. The van der Waals surface area contributed by atoms with Gasteiger partial charge in [-0.15, -0.1) is 0 Å². The number of aromatic nitrogens is 1. The van der Waals surface area contributed by atoms with Crippen LogP contribution in [0.5, 0.6) is 11.5 Å². The molecule has 5 aliphatic rings. The van der Waals surface area contributed by atoms with Gasteiger partial charge >= 0.3 is 0 Å². The Morgan fingerprint density at radius 1 is 0.950 bits per heavy atom. The lowest BCUT2D eigenvalue weighted by Crippen LogP contribution is -2.57. The Hall–Kier alpha value is -4.98. The van der Waals surface area contributed by atoms with Crippen molar-refractivity contribution < 1.29 is 37.1 Å². The summed E-state index contributed by atoms with van der Waals surface area (Å²) in [5.41, 5.74) is 0.721. The van der Waals surface area contributed by atoms with E-state index in [2.05, 4.69) is 23.9 Å². The SMILES string of the molecule is COc1ccc2c(O[C@@H]3C[C@H]4C(=O)N[C@]5(C(=O)NS(=O)(=O)C6CC6)C[C@H]5/C=C\CCCCC[C@H](CC(=O)N5C(C)CCCC5C)C(=O)N4C3)cc(-c3ccccc3)nc2c1. The van der Waals surface area contributed by atoms with Crippen LogP contribution in [0.4, 0.5) is 0 Å². The molecular weight excluding hydrogens is 783 g/mol. The molecule has 60 heavy (non-hydrogen) atoms. The van der Waals surface area contributed by atoms with Crippen LogP contribution in [-0.2, 0) is 29.2 Å². The van der Waals surface area contributed by atoms with Crippen LogP contribution < -0.4 is 19.5 Å². The third kappa shape index (κ3) is 8.75. The summed E-state index contributed by atoms with van der Waals surface area (Å²) in [6.45, 7) is 4.20. The van der Waals surface area contributed by atoms with Gasteiger partial charge in [0.05, 0.1) is 30.1 Å². The van der Waals surface area contributed by atoms with Crippen LogP contribution in [0.3, 0.4) is 0 Å². The molecule has 2 saturated heterocycles. The van der Waals surface area contributed by atoms with Gasteiger partial charge < -0.3 is 24.6 Å². The number of benzene rings is 2. The molecule has 4 amide bonds. The molecule has 4 fully saturated rings. The van der Waals surface area contributed by atoms with E-state index in [4.69, 9.17) is 14.5 Å².